The van der Waals surface area contributed by atoms with Crippen LogP contribution in [0.15, 0.2) is 24.3 Å². The molecule has 0 aromatic rings. The zero-order valence-electron chi connectivity index (χ0n) is 7.38. The fraction of sp³-hybridized carbons (Fsp3) is 0.333. The first-order chi connectivity index (χ1) is 6.45. The predicted octanol–water partition coefficient (Wildman–Crippen LogP) is 2.99. The van der Waals surface area contributed by atoms with Gasteiger partial charge in [-0.3, -0.25) is 0 Å². The van der Waals surface area contributed by atoms with Gasteiger partial charge in [-0.05, 0) is 17.2 Å². The molecule has 2 aliphatic carbocycles. The van der Waals surface area contributed by atoms with Crippen LogP contribution in [-0.4, -0.2) is 22.3 Å². The van der Waals surface area contributed by atoms with Gasteiger partial charge in [-0.1, -0.05) is 53.0 Å². The van der Waals surface area contributed by atoms with Crippen LogP contribution >= 0.6 is 34.8 Å². The molecule has 5 heteroatoms. The second-order valence-electron chi connectivity index (χ2n) is 2.71. The molecule has 1 unspecified atom stereocenters. The summed E-state index contributed by atoms with van der Waals surface area (Å²) in [4.78, 5) is 0. The van der Waals surface area contributed by atoms with Crippen molar-refractivity contribution in [3.63, 3.8) is 0 Å². The lowest BCUT2D eigenvalue weighted by Gasteiger charge is -2.15. The van der Waals surface area contributed by atoms with Crippen LogP contribution in [0.25, 0.3) is 11.1 Å². The van der Waals surface area contributed by atoms with Crippen LogP contribution in [0.1, 0.15) is 0 Å². The van der Waals surface area contributed by atoms with Gasteiger partial charge in [-0.2, -0.15) is 0 Å². The average molecular weight is 256 g/mol. The Labute approximate surface area is 97.3 Å². The Morgan fingerprint density at radius 3 is 1.86 bits per heavy atom. The number of aliphatic hydroxyl groups excluding tert-OH is 1. The van der Waals surface area contributed by atoms with Crippen molar-refractivity contribution in [2.45, 2.75) is 10.1 Å². The SMILES string of the molecule is COC(O)C(Cl)(Cl)Cl.c1cc2cc-2c1. The molecular weight excluding hydrogens is 246 g/mol. The van der Waals surface area contributed by atoms with Crippen LogP contribution in [0.3, 0.4) is 0 Å². The number of alkyl halides is 3. The topological polar surface area (TPSA) is 29.5 Å². The van der Waals surface area contributed by atoms with Gasteiger partial charge >= 0.3 is 0 Å². The van der Waals surface area contributed by atoms with Crippen LogP contribution in [0, 0.1) is 0 Å². The maximum atomic E-state index is 8.58. The minimum Gasteiger partial charge on any atom is -0.365 e. The third kappa shape index (κ3) is 3.64. The summed E-state index contributed by atoms with van der Waals surface area (Å²) in [6.45, 7) is 0. The second kappa shape index (κ2) is 4.69. The van der Waals surface area contributed by atoms with Crippen LogP contribution in [0.4, 0.5) is 0 Å². The maximum Gasteiger partial charge on any atom is 0.240 e. The predicted molar refractivity (Wildman–Crippen MR) is 58.7 cm³/mol. The van der Waals surface area contributed by atoms with Gasteiger partial charge in [-0.25, -0.2) is 0 Å². The molecule has 0 fully saturated rings. The second-order valence-corrected chi connectivity index (χ2v) is 5.08. The van der Waals surface area contributed by atoms with Gasteiger partial charge in [0.25, 0.3) is 0 Å². The van der Waals surface area contributed by atoms with Gasteiger partial charge in [0.1, 0.15) is 0 Å². The first-order valence-corrected chi connectivity index (χ1v) is 4.96. The number of rotatable bonds is 1. The number of hydrogen-bond donors (Lipinski definition) is 1. The summed E-state index contributed by atoms with van der Waals surface area (Å²) in [5, 5.41) is 8.58. The molecule has 0 heterocycles. The highest BCUT2D eigenvalue weighted by atomic mass is 35.6. The molecule has 0 bridgehead atoms. The Morgan fingerprint density at radius 2 is 1.79 bits per heavy atom. The Balaban J connectivity index is 0.000000143. The van der Waals surface area contributed by atoms with Crippen molar-refractivity contribution in [2.75, 3.05) is 7.11 Å². The molecule has 0 saturated carbocycles. The number of aliphatic hydroxyl groups is 1. The van der Waals surface area contributed by atoms with E-state index in [1.165, 1.54) is 18.2 Å². The number of fused-ring (bicyclic) bond motifs is 1. The largest absolute Gasteiger partial charge is 0.365 e. The molecule has 2 aliphatic rings. The Kier molecular flexibility index (Phi) is 4.04. The van der Waals surface area contributed by atoms with E-state index in [4.69, 9.17) is 39.9 Å². The highest BCUT2D eigenvalue weighted by molar-refractivity contribution is 6.67. The fourth-order valence-electron chi connectivity index (χ4n) is 0.809. The molecule has 0 saturated heterocycles. The first-order valence-electron chi connectivity index (χ1n) is 3.83. The zero-order chi connectivity index (χ0) is 10.8. The van der Waals surface area contributed by atoms with Gasteiger partial charge in [0.05, 0.1) is 0 Å². The van der Waals surface area contributed by atoms with Crippen molar-refractivity contribution >= 4 is 34.8 Å². The molecule has 0 amide bonds. The number of ether oxygens (including phenoxy) is 1. The summed E-state index contributed by atoms with van der Waals surface area (Å²) >= 11 is 15.4. The normalized spacial score (nSPS) is 14.1. The van der Waals surface area contributed by atoms with E-state index in [0.29, 0.717) is 0 Å². The summed E-state index contributed by atoms with van der Waals surface area (Å²) in [5.74, 6) is 0. The van der Waals surface area contributed by atoms with Crippen molar-refractivity contribution in [1.82, 2.24) is 0 Å². The molecular formula is C9H9Cl3O2. The van der Waals surface area contributed by atoms with Crippen molar-refractivity contribution in [3.05, 3.63) is 24.3 Å². The molecule has 0 radical (unpaired) electrons. The minimum atomic E-state index is -1.74. The highest BCUT2D eigenvalue weighted by Gasteiger charge is 2.30. The average Bonchev–Trinajstić information content (AvgIpc) is 2.72. The van der Waals surface area contributed by atoms with Gasteiger partial charge < -0.3 is 9.84 Å². The monoisotopic (exact) mass is 254 g/mol. The van der Waals surface area contributed by atoms with E-state index < -0.39 is 10.1 Å². The highest BCUT2D eigenvalue weighted by Crippen LogP contribution is 2.32. The number of benzene rings is 1. The van der Waals surface area contributed by atoms with Crippen LogP contribution < -0.4 is 0 Å². The van der Waals surface area contributed by atoms with Crippen LogP contribution in [0.2, 0.25) is 0 Å². The third-order valence-corrected chi connectivity index (χ3v) is 2.18. The van der Waals surface area contributed by atoms with Gasteiger partial charge in [-0.15, -0.1) is 0 Å². The maximum absolute atomic E-state index is 8.58. The summed E-state index contributed by atoms with van der Waals surface area (Å²) in [6.07, 6.45) is -1.35. The number of hydrogen-bond acceptors (Lipinski definition) is 2. The van der Waals surface area contributed by atoms with Gasteiger partial charge in [0.2, 0.25) is 10.1 Å². The number of methoxy groups -OCH3 is 1. The lowest BCUT2D eigenvalue weighted by Crippen LogP contribution is -2.26. The Bertz CT molecular complexity index is 292. The standard InChI is InChI=1S/C6H4.C3H5Cl3O2/c1-2-5-4-6(5)3-1;1-8-2(7)3(4,5)6/h1-4H;2,7H,1H3. The van der Waals surface area contributed by atoms with E-state index in [2.05, 4.69) is 29.0 Å². The summed E-state index contributed by atoms with van der Waals surface area (Å²) in [7, 11) is 1.24. The van der Waals surface area contributed by atoms with Crippen LogP contribution in [0.5, 0.6) is 0 Å². The lowest BCUT2D eigenvalue weighted by molar-refractivity contribution is -0.0696. The van der Waals surface area contributed by atoms with E-state index in [9.17, 15) is 0 Å². The summed E-state index contributed by atoms with van der Waals surface area (Å²) in [6, 6.07) is 8.48. The van der Waals surface area contributed by atoms with Gasteiger partial charge in [0.15, 0.2) is 0 Å². The summed E-state index contributed by atoms with van der Waals surface area (Å²) < 4.78 is 2.53. The molecule has 2 rings (SSSR count). The fourth-order valence-corrected chi connectivity index (χ4v) is 1.08. The molecule has 14 heavy (non-hydrogen) atoms. The Hall–Kier alpha value is 0.01000. The lowest BCUT2D eigenvalue weighted by atomic mass is 10.6. The molecule has 1 atom stereocenters. The third-order valence-electron chi connectivity index (χ3n) is 1.62. The van der Waals surface area contributed by atoms with Crippen LogP contribution in [-0.2, 0) is 4.74 Å². The first kappa shape index (κ1) is 12.1. The molecule has 2 nitrogen and oxygen atoms in total. The van der Waals surface area contributed by atoms with Crippen molar-refractivity contribution < 1.29 is 9.84 Å². The molecule has 0 aromatic carbocycles. The molecule has 0 spiro atoms. The summed E-state index contributed by atoms with van der Waals surface area (Å²) in [5.41, 5.74) is 2.85. The van der Waals surface area contributed by atoms with Gasteiger partial charge in [0, 0.05) is 7.11 Å². The van der Waals surface area contributed by atoms with E-state index in [-0.39, 0.29) is 0 Å². The van der Waals surface area contributed by atoms with E-state index in [1.807, 2.05) is 0 Å². The van der Waals surface area contributed by atoms with Crippen molar-refractivity contribution in [2.24, 2.45) is 0 Å². The Morgan fingerprint density at radius 1 is 1.29 bits per heavy atom. The van der Waals surface area contributed by atoms with E-state index in [1.54, 1.807) is 0 Å². The van der Waals surface area contributed by atoms with E-state index >= 15 is 0 Å². The molecule has 0 aliphatic heterocycles. The van der Waals surface area contributed by atoms with E-state index in [0.717, 1.165) is 0 Å². The number of halogens is 3. The quantitative estimate of drug-likeness (QED) is 0.627. The smallest absolute Gasteiger partial charge is 0.240 e. The molecule has 1 N–H and O–H groups in total. The molecule has 0 aromatic heterocycles. The zero-order valence-corrected chi connectivity index (χ0v) is 9.64. The molecule has 78 valence electrons. The minimum absolute atomic E-state index is 1.24. The van der Waals surface area contributed by atoms with Crippen molar-refractivity contribution in [1.29, 1.82) is 0 Å². The van der Waals surface area contributed by atoms with Crippen molar-refractivity contribution in [3.8, 4) is 11.1 Å².